The van der Waals surface area contributed by atoms with E-state index in [0.29, 0.717) is 17.4 Å². The predicted molar refractivity (Wildman–Crippen MR) is 99.5 cm³/mol. The number of aromatic nitrogens is 2. The molecule has 0 aliphatic rings. The summed E-state index contributed by atoms with van der Waals surface area (Å²) in [6.07, 6.45) is 2.66. The van der Waals surface area contributed by atoms with Gasteiger partial charge in [0.2, 0.25) is 0 Å². The first-order valence-corrected chi connectivity index (χ1v) is 8.44. The van der Waals surface area contributed by atoms with Gasteiger partial charge in [0.1, 0.15) is 17.4 Å². The zero-order valence-corrected chi connectivity index (χ0v) is 14.7. The Bertz CT molecular complexity index is 1110. The third-order valence-electron chi connectivity index (χ3n) is 4.27. The van der Waals surface area contributed by atoms with Crippen molar-refractivity contribution in [3.8, 4) is 11.8 Å². The summed E-state index contributed by atoms with van der Waals surface area (Å²) in [6, 6.07) is 12.4. The van der Waals surface area contributed by atoms with Crippen molar-refractivity contribution in [2.75, 3.05) is 0 Å². The number of nitrogens with zero attached hydrogens (tertiary/aromatic N) is 2. The number of hydrogen-bond donors (Lipinski definition) is 1. The lowest BCUT2D eigenvalue weighted by atomic mass is 10.2. The number of ether oxygens (including phenoxy) is 1. The van der Waals surface area contributed by atoms with Crippen LogP contribution in [0.4, 0.5) is 0 Å². The average molecular weight is 349 g/mol. The highest BCUT2D eigenvalue weighted by Gasteiger charge is 2.09. The van der Waals surface area contributed by atoms with Gasteiger partial charge in [-0.25, -0.2) is 0 Å². The summed E-state index contributed by atoms with van der Waals surface area (Å²) < 4.78 is 7.37. The first kappa shape index (κ1) is 17.5. The second-order valence-corrected chi connectivity index (χ2v) is 6.18. The monoisotopic (exact) mass is 349 g/mol. The van der Waals surface area contributed by atoms with Crippen LogP contribution in [0.15, 0.2) is 52.2 Å². The standard InChI is InChI=1S/C20H19N3O3/c1-3-13(2)26-16-6-4-5-14(9-16)12-23-8-7-18-17(20(23)25)10-15(11-21)19(24)22-18/h4-10,13H,3,12H2,1-2H3,(H,22,24). The minimum Gasteiger partial charge on any atom is -0.491 e. The fraction of sp³-hybridized carbons (Fsp3) is 0.250. The molecule has 0 amide bonds. The summed E-state index contributed by atoms with van der Waals surface area (Å²) in [5.41, 5.74) is 0.521. The minimum absolute atomic E-state index is 0.0729. The van der Waals surface area contributed by atoms with Crippen molar-refractivity contribution in [1.82, 2.24) is 9.55 Å². The van der Waals surface area contributed by atoms with Crippen molar-refractivity contribution in [1.29, 1.82) is 5.26 Å². The molecule has 1 unspecified atom stereocenters. The first-order chi connectivity index (χ1) is 12.5. The van der Waals surface area contributed by atoms with Gasteiger partial charge < -0.3 is 14.3 Å². The summed E-state index contributed by atoms with van der Waals surface area (Å²) in [7, 11) is 0. The van der Waals surface area contributed by atoms with E-state index in [1.165, 1.54) is 6.07 Å². The van der Waals surface area contributed by atoms with Crippen LogP contribution in [0.3, 0.4) is 0 Å². The Balaban J connectivity index is 1.97. The second kappa shape index (κ2) is 7.28. The molecule has 0 aliphatic carbocycles. The number of aromatic amines is 1. The molecule has 6 nitrogen and oxygen atoms in total. The van der Waals surface area contributed by atoms with Crippen LogP contribution in [0.25, 0.3) is 10.9 Å². The van der Waals surface area contributed by atoms with Crippen LogP contribution in [0.5, 0.6) is 5.75 Å². The van der Waals surface area contributed by atoms with E-state index in [0.717, 1.165) is 17.7 Å². The van der Waals surface area contributed by atoms with E-state index in [9.17, 15) is 9.59 Å². The molecule has 1 atom stereocenters. The highest BCUT2D eigenvalue weighted by atomic mass is 16.5. The molecule has 1 aromatic carbocycles. The van der Waals surface area contributed by atoms with Gasteiger partial charge >= 0.3 is 0 Å². The lowest BCUT2D eigenvalue weighted by Crippen LogP contribution is -2.22. The normalized spacial score (nSPS) is 11.9. The molecule has 26 heavy (non-hydrogen) atoms. The minimum atomic E-state index is -0.493. The number of fused-ring (bicyclic) bond motifs is 1. The Hall–Kier alpha value is -3.33. The summed E-state index contributed by atoms with van der Waals surface area (Å²) in [6.45, 7) is 4.44. The molecule has 0 fully saturated rings. The molecule has 0 saturated carbocycles. The molecule has 0 radical (unpaired) electrons. The van der Waals surface area contributed by atoms with Crippen LogP contribution in [-0.4, -0.2) is 15.7 Å². The van der Waals surface area contributed by atoms with Crippen molar-refractivity contribution in [2.45, 2.75) is 32.9 Å². The zero-order valence-electron chi connectivity index (χ0n) is 14.7. The van der Waals surface area contributed by atoms with Crippen molar-refractivity contribution in [3.05, 3.63) is 74.4 Å². The topological polar surface area (TPSA) is 87.9 Å². The number of nitriles is 1. The van der Waals surface area contributed by atoms with E-state index in [1.807, 2.05) is 31.2 Å². The Labute approximate surface area is 150 Å². The number of H-pyrrole nitrogens is 1. The van der Waals surface area contributed by atoms with Crippen molar-refractivity contribution in [2.24, 2.45) is 0 Å². The van der Waals surface area contributed by atoms with Crippen molar-refractivity contribution < 1.29 is 4.74 Å². The van der Waals surface area contributed by atoms with Crippen LogP contribution >= 0.6 is 0 Å². The van der Waals surface area contributed by atoms with Crippen molar-refractivity contribution in [3.63, 3.8) is 0 Å². The van der Waals surface area contributed by atoms with Gasteiger partial charge in [0.15, 0.2) is 0 Å². The maximum Gasteiger partial charge on any atom is 0.266 e. The Morgan fingerprint density at radius 3 is 2.81 bits per heavy atom. The fourth-order valence-electron chi connectivity index (χ4n) is 2.68. The van der Waals surface area contributed by atoms with Crippen LogP contribution in [-0.2, 0) is 6.54 Å². The molecule has 6 heteroatoms. The van der Waals surface area contributed by atoms with Crippen LogP contribution in [0, 0.1) is 11.3 Å². The lowest BCUT2D eigenvalue weighted by Gasteiger charge is -2.14. The van der Waals surface area contributed by atoms with E-state index in [1.54, 1.807) is 22.9 Å². The molecule has 0 saturated heterocycles. The number of benzene rings is 1. The van der Waals surface area contributed by atoms with Gasteiger partial charge in [-0.05, 0) is 43.2 Å². The molecule has 132 valence electrons. The molecule has 2 heterocycles. The van der Waals surface area contributed by atoms with Gasteiger partial charge in [-0.2, -0.15) is 5.26 Å². The first-order valence-electron chi connectivity index (χ1n) is 8.44. The van der Waals surface area contributed by atoms with Gasteiger partial charge in [-0.3, -0.25) is 9.59 Å². The van der Waals surface area contributed by atoms with Crippen LogP contribution in [0.1, 0.15) is 31.4 Å². The third-order valence-corrected chi connectivity index (χ3v) is 4.27. The number of nitrogens with one attached hydrogen (secondary N) is 1. The molecule has 3 rings (SSSR count). The molecular formula is C20H19N3O3. The van der Waals surface area contributed by atoms with Gasteiger partial charge in [-0.15, -0.1) is 0 Å². The van der Waals surface area contributed by atoms with Gasteiger partial charge in [0.05, 0.1) is 23.6 Å². The summed E-state index contributed by atoms with van der Waals surface area (Å²) in [4.78, 5) is 27.0. The second-order valence-electron chi connectivity index (χ2n) is 6.18. The molecule has 1 N–H and O–H groups in total. The smallest absolute Gasteiger partial charge is 0.266 e. The lowest BCUT2D eigenvalue weighted by molar-refractivity contribution is 0.217. The number of rotatable bonds is 5. The quantitative estimate of drug-likeness (QED) is 0.767. The maximum absolute atomic E-state index is 12.7. The molecule has 0 aliphatic heterocycles. The number of hydrogen-bond acceptors (Lipinski definition) is 4. The SMILES string of the molecule is CCC(C)Oc1cccc(Cn2ccc3[nH]c(=O)c(C#N)cc3c2=O)c1. The van der Waals surface area contributed by atoms with Crippen LogP contribution in [0.2, 0.25) is 0 Å². The summed E-state index contributed by atoms with van der Waals surface area (Å²) in [5.74, 6) is 0.766. The van der Waals surface area contributed by atoms with Gasteiger partial charge in [0, 0.05) is 6.20 Å². The maximum atomic E-state index is 12.7. The Kier molecular flexibility index (Phi) is 4.90. The zero-order chi connectivity index (χ0) is 18.7. The van der Waals surface area contributed by atoms with E-state index in [-0.39, 0.29) is 17.2 Å². The molecule has 2 aromatic heterocycles. The molecule has 3 aromatic rings. The summed E-state index contributed by atoms with van der Waals surface area (Å²) >= 11 is 0. The third kappa shape index (κ3) is 3.52. The van der Waals surface area contributed by atoms with Crippen molar-refractivity contribution >= 4 is 10.9 Å². The van der Waals surface area contributed by atoms with E-state index in [4.69, 9.17) is 10.00 Å². The molecular weight excluding hydrogens is 330 g/mol. The van der Waals surface area contributed by atoms with Crippen LogP contribution < -0.4 is 15.9 Å². The Morgan fingerprint density at radius 2 is 2.08 bits per heavy atom. The van der Waals surface area contributed by atoms with E-state index >= 15 is 0 Å². The van der Waals surface area contributed by atoms with E-state index < -0.39 is 5.56 Å². The van der Waals surface area contributed by atoms with E-state index in [2.05, 4.69) is 11.9 Å². The van der Waals surface area contributed by atoms with Gasteiger partial charge in [0.25, 0.3) is 11.1 Å². The fourth-order valence-corrected chi connectivity index (χ4v) is 2.68. The molecule has 0 spiro atoms. The Morgan fingerprint density at radius 1 is 1.27 bits per heavy atom. The summed E-state index contributed by atoms with van der Waals surface area (Å²) in [5, 5.41) is 9.32. The average Bonchev–Trinajstić information content (AvgIpc) is 2.64. The highest BCUT2D eigenvalue weighted by Crippen LogP contribution is 2.17. The molecule has 0 bridgehead atoms. The highest BCUT2D eigenvalue weighted by molar-refractivity contribution is 5.78. The number of pyridine rings is 2. The largest absolute Gasteiger partial charge is 0.491 e. The predicted octanol–water partition coefficient (Wildman–Crippen LogP) is 2.79. The van der Waals surface area contributed by atoms with Gasteiger partial charge in [-0.1, -0.05) is 19.1 Å².